The molecule has 120 valence electrons. The quantitative estimate of drug-likeness (QED) is 0.877. The number of carboxylic acids is 1. The Morgan fingerprint density at radius 2 is 2.13 bits per heavy atom. The lowest BCUT2D eigenvalue weighted by molar-refractivity contribution is -0.131. The maximum absolute atomic E-state index is 14.5. The Balaban J connectivity index is 2.00. The van der Waals surface area contributed by atoms with Gasteiger partial charge >= 0.3 is 5.97 Å². The Hall–Kier alpha value is -2.57. The summed E-state index contributed by atoms with van der Waals surface area (Å²) < 4.78 is 15.8. The first-order chi connectivity index (χ1) is 11.1. The lowest BCUT2D eigenvalue weighted by Crippen LogP contribution is -2.06. The number of aryl methyl sites for hydroxylation is 1. The van der Waals surface area contributed by atoms with Crippen LogP contribution >= 0.6 is 0 Å². The maximum Gasteiger partial charge on any atom is 0.328 e. The second-order valence-electron chi connectivity index (χ2n) is 5.72. The van der Waals surface area contributed by atoms with Crippen LogP contribution in [-0.4, -0.2) is 31.3 Å². The second kappa shape index (κ2) is 6.28. The van der Waals surface area contributed by atoms with E-state index in [1.807, 2.05) is 0 Å². The number of hydrogen-bond donors (Lipinski definition) is 1. The molecule has 2 aromatic rings. The molecule has 1 aromatic carbocycles. The predicted molar refractivity (Wildman–Crippen MR) is 81.4 cm³/mol. The van der Waals surface area contributed by atoms with Gasteiger partial charge in [-0.1, -0.05) is 18.9 Å². The number of tetrazole rings is 1. The van der Waals surface area contributed by atoms with E-state index in [9.17, 15) is 9.18 Å². The van der Waals surface area contributed by atoms with Gasteiger partial charge in [-0.25, -0.2) is 9.18 Å². The second-order valence-corrected chi connectivity index (χ2v) is 5.72. The lowest BCUT2D eigenvalue weighted by atomic mass is 9.90. The molecule has 0 aliphatic heterocycles. The average molecular weight is 316 g/mol. The Morgan fingerprint density at radius 1 is 1.39 bits per heavy atom. The smallest absolute Gasteiger partial charge is 0.328 e. The first-order valence-corrected chi connectivity index (χ1v) is 7.56. The van der Waals surface area contributed by atoms with Crippen LogP contribution in [0.15, 0.2) is 24.3 Å². The van der Waals surface area contributed by atoms with Crippen molar-refractivity contribution in [3.63, 3.8) is 0 Å². The van der Waals surface area contributed by atoms with Crippen LogP contribution in [0.5, 0.6) is 0 Å². The summed E-state index contributed by atoms with van der Waals surface area (Å²) in [6.07, 6.45) is 5.23. The third kappa shape index (κ3) is 3.13. The summed E-state index contributed by atoms with van der Waals surface area (Å²) in [6.45, 7) is 1.68. The summed E-state index contributed by atoms with van der Waals surface area (Å²) in [5, 5.41) is 20.1. The van der Waals surface area contributed by atoms with E-state index in [2.05, 4.69) is 15.5 Å². The maximum atomic E-state index is 14.5. The van der Waals surface area contributed by atoms with Gasteiger partial charge in [0.1, 0.15) is 11.5 Å². The van der Waals surface area contributed by atoms with Crippen LogP contribution in [-0.2, 0) is 4.79 Å². The van der Waals surface area contributed by atoms with Gasteiger partial charge in [0.2, 0.25) is 0 Å². The highest BCUT2D eigenvalue weighted by molar-refractivity contribution is 5.90. The van der Waals surface area contributed by atoms with Gasteiger partial charge in [0.25, 0.3) is 0 Å². The van der Waals surface area contributed by atoms with Crippen LogP contribution in [0.1, 0.15) is 37.1 Å². The van der Waals surface area contributed by atoms with Crippen molar-refractivity contribution in [2.24, 2.45) is 5.92 Å². The van der Waals surface area contributed by atoms with Crippen LogP contribution in [0.25, 0.3) is 11.3 Å². The van der Waals surface area contributed by atoms with E-state index < -0.39 is 11.8 Å². The van der Waals surface area contributed by atoms with Crippen LogP contribution in [0.2, 0.25) is 0 Å². The largest absolute Gasteiger partial charge is 0.478 e. The van der Waals surface area contributed by atoms with Crippen molar-refractivity contribution < 1.29 is 14.3 Å². The lowest BCUT2D eigenvalue weighted by Gasteiger charge is -2.15. The molecule has 1 aromatic heterocycles. The zero-order valence-electron chi connectivity index (χ0n) is 12.7. The minimum absolute atomic E-state index is 0.172. The molecule has 0 amide bonds. The summed E-state index contributed by atoms with van der Waals surface area (Å²) in [6, 6.07) is 4.68. The number of rotatable bonds is 4. The highest BCUT2D eigenvalue weighted by Gasteiger charge is 2.22. The van der Waals surface area contributed by atoms with E-state index in [1.165, 1.54) is 16.8 Å². The van der Waals surface area contributed by atoms with Gasteiger partial charge in [-0.05, 0) is 59.4 Å². The molecule has 1 saturated carbocycles. The van der Waals surface area contributed by atoms with Crippen LogP contribution in [0.4, 0.5) is 4.39 Å². The van der Waals surface area contributed by atoms with E-state index in [4.69, 9.17) is 5.11 Å². The Kier molecular flexibility index (Phi) is 4.18. The van der Waals surface area contributed by atoms with Crippen molar-refractivity contribution >= 4 is 11.5 Å². The Morgan fingerprint density at radius 3 is 2.70 bits per heavy atom. The Bertz CT molecular complexity index is 763. The fraction of sp³-hybridized carbons (Fsp3) is 0.375. The normalized spacial score (nSPS) is 16.0. The molecule has 23 heavy (non-hydrogen) atoms. The molecule has 0 atom stereocenters. The number of carbonyl (C=O) groups is 1. The van der Waals surface area contributed by atoms with Crippen molar-refractivity contribution in [2.75, 3.05) is 0 Å². The zero-order valence-corrected chi connectivity index (χ0v) is 12.7. The third-order valence-electron chi connectivity index (χ3n) is 4.21. The number of aliphatic carboxylic acids is 1. The monoisotopic (exact) mass is 316 g/mol. The molecule has 0 unspecified atom stereocenters. The van der Waals surface area contributed by atoms with E-state index in [0.717, 1.165) is 25.7 Å². The molecule has 0 spiro atoms. The van der Waals surface area contributed by atoms with Crippen molar-refractivity contribution in [3.05, 3.63) is 41.5 Å². The summed E-state index contributed by atoms with van der Waals surface area (Å²) >= 11 is 0. The fourth-order valence-electron chi connectivity index (χ4n) is 3.12. The summed E-state index contributed by atoms with van der Waals surface area (Å²) in [5.41, 5.74) is 1.54. The number of hydrogen-bond acceptors (Lipinski definition) is 4. The van der Waals surface area contributed by atoms with Crippen LogP contribution < -0.4 is 0 Å². The van der Waals surface area contributed by atoms with Crippen molar-refractivity contribution in [3.8, 4) is 5.69 Å². The topological polar surface area (TPSA) is 80.9 Å². The minimum atomic E-state index is -1.01. The van der Waals surface area contributed by atoms with Crippen LogP contribution in [0.3, 0.4) is 0 Å². The fourth-order valence-corrected chi connectivity index (χ4v) is 3.12. The van der Waals surface area contributed by atoms with E-state index in [0.29, 0.717) is 17.0 Å². The molecule has 1 fully saturated rings. The van der Waals surface area contributed by atoms with Gasteiger partial charge in [0, 0.05) is 6.08 Å². The van der Waals surface area contributed by atoms with Gasteiger partial charge in [-0.2, -0.15) is 4.68 Å². The number of aromatic nitrogens is 4. The van der Waals surface area contributed by atoms with Gasteiger partial charge in [-0.3, -0.25) is 0 Å². The van der Waals surface area contributed by atoms with E-state index in [1.54, 1.807) is 19.1 Å². The first kappa shape index (κ1) is 15.3. The molecule has 0 radical (unpaired) electrons. The van der Waals surface area contributed by atoms with Gasteiger partial charge in [0.05, 0.1) is 0 Å². The zero-order chi connectivity index (χ0) is 16.4. The standard InChI is InChI=1S/C16H17FN4O2/c1-10-18-19-20-21(10)15-7-6-12(8-14(15)17)13(9-16(22)23)11-4-2-3-5-11/h6-9,11H,2-5H2,1H3,(H,22,23)/b13-9+. The van der Waals surface area contributed by atoms with E-state index >= 15 is 0 Å². The summed E-state index contributed by atoms with van der Waals surface area (Å²) in [7, 11) is 0. The molecule has 1 heterocycles. The molecule has 1 aliphatic carbocycles. The minimum Gasteiger partial charge on any atom is -0.478 e. The number of carboxylic acid groups (broad SMARTS) is 1. The van der Waals surface area contributed by atoms with Crippen LogP contribution in [0, 0.1) is 18.7 Å². The third-order valence-corrected chi connectivity index (χ3v) is 4.21. The van der Waals surface area contributed by atoms with Gasteiger partial charge in [-0.15, -0.1) is 5.10 Å². The predicted octanol–water partition coefficient (Wildman–Crippen LogP) is 2.77. The summed E-state index contributed by atoms with van der Waals surface area (Å²) in [4.78, 5) is 11.1. The van der Waals surface area contributed by atoms with Gasteiger partial charge in [0.15, 0.2) is 5.82 Å². The van der Waals surface area contributed by atoms with E-state index in [-0.39, 0.29) is 11.6 Å². The number of halogens is 1. The highest BCUT2D eigenvalue weighted by atomic mass is 19.1. The SMILES string of the molecule is Cc1nnnn1-c1ccc(/C(=C/C(=O)O)C2CCCC2)cc1F. The molecule has 0 saturated heterocycles. The number of allylic oxidation sites excluding steroid dienone is 1. The highest BCUT2D eigenvalue weighted by Crippen LogP contribution is 2.37. The van der Waals surface area contributed by atoms with Gasteiger partial charge < -0.3 is 5.11 Å². The summed E-state index contributed by atoms with van der Waals surface area (Å²) in [5.74, 6) is -0.834. The van der Waals surface area contributed by atoms with Crippen molar-refractivity contribution in [2.45, 2.75) is 32.6 Å². The number of nitrogens with zero attached hydrogens (tertiary/aromatic N) is 4. The first-order valence-electron chi connectivity index (χ1n) is 7.56. The molecule has 0 bridgehead atoms. The molecule has 6 nitrogen and oxygen atoms in total. The molecule has 1 N–H and O–H groups in total. The Labute approximate surface area is 132 Å². The molecule has 1 aliphatic rings. The van der Waals surface area contributed by atoms with Crippen molar-refractivity contribution in [1.82, 2.24) is 20.2 Å². The molecule has 7 heteroatoms. The number of benzene rings is 1. The molecule has 3 rings (SSSR count). The van der Waals surface area contributed by atoms with Crippen molar-refractivity contribution in [1.29, 1.82) is 0 Å². The molecular weight excluding hydrogens is 299 g/mol. The molecular formula is C16H17FN4O2. The average Bonchev–Trinajstić information content (AvgIpc) is 3.16.